The van der Waals surface area contributed by atoms with Crippen molar-refractivity contribution in [1.29, 1.82) is 0 Å². The first-order chi connectivity index (χ1) is 12.3. The van der Waals surface area contributed by atoms with Crippen LogP contribution in [0.1, 0.15) is 5.56 Å². The maximum atomic E-state index is 12.9. The number of hydrogen-bond acceptors (Lipinski definition) is 3. The summed E-state index contributed by atoms with van der Waals surface area (Å²) in [5, 5.41) is 6.17. The molecule has 122 valence electrons. The van der Waals surface area contributed by atoms with Crippen LogP contribution >= 0.6 is 0 Å². The van der Waals surface area contributed by atoms with E-state index in [1.165, 1.54) is 4.68 Å². The van der Waals surface area contributed by atoms with Crippen molar-refractivity contribution in [2.24, 2.45) is 5.73 Å². The average molecular weight is 327 g/mol. The van der Waals surface area contributed by atoms with E-state index in [1.807, 2.05) is 78.9 Å². The Hall–Kier alpha value is -3.24. The van der Waals surface area contributed by atoms with Crippen LogP contribution in [0.3, 0.4) is 0 Å². The van der Waals surface area contributed by atoms with Gasteiger partial charge >= 0.3 is 0 Å². The lowest BCUT2D eigenvalue weighted by Gasteiger charge is -2.11. The van der Waals surface area contributed by atoms with Crippen molar-refractivity contribution < 1.29 is 0 Å². The summed E-state index contributed by atoms with van der Waals surface area (Å²) in [7, 11) is 0. The minimum absolute atomic E-state index is 0.121. The molecule has 0 unspecified atom stereocenters. The highest BCUT2D eigenvalue weighted by molar-refractivity contribution is 5.93. The van der Waals surface area contributed by atoms with Crippen molar-refractivity contribution >= 4 is 10.8 Å². The van der Waals surface area contributed by atoms with Crippen LogP contribution in [0.15, 0.2) is 83.7 Å². The second-order valence-electron chi connectivity index (χ2n) is 5.85. The highest BCUT2D eigenvalue weighted by atomic mass is 16.1. The van der Waals surface area contributed by atoms with Gasteiger partial charge in [0.15, 0.2) is 0 Å². The van der Waals surface area contributed by atoms with Gasteiger partial charge in [-0.15, -0.1) is 0 Å². The number of nitrogens with two attached hydrogens (primary N) is 1. The predicted molar refractivity (Wildman–Crippen MR) is 101 cm³/mol. The summed E-state index contributed by atoms with van der Waals surface area (Å²) >= 11 is 0. The maximum Gasteiger partial charge on any atom is 0.279 e. The molecule has 0 amide bonds. The Kier molecular flexibility index (Phi) is 3.88. The smallest absolute Gasteiger partial charge is 0.279 e. The standard InChI is InChI=1S/C21H17N3O/c22-14-15-10-12-16(13-11-15)20-18-8-4-5-9-19(18)21(25)24(23-20)17-6-2-1-3-7-17/h1-13H,14,22H2. The van der Waals surface area contributed by atoms with Gasteiger partial charge in [0.05, 0.1) is 16.8 Å². The topological polar surface area (TPSA) is 60.9 Å². The van der Waals surface area contributed by atoms with Crippen LogP contribution in [0.25, 0.3) is 27.7 Å². The molecule has 4 aromatic rings. The Labute approximate surface area is 145 Å². The normalized spacial score (nSPS) is 10.9. The van der Waals surface area contributed by atoms with Gasteiger partial charge in [-0.3, -0.25) is 4.79 Å². The van der Waals surface area contributed by atoms with Crippen molar-refractivity contribution in [1.82, 2.24) is 9.78 Å². The van der Waals surface area contributed by atoms with E-state index in [1.54, 1.807) is 0 Å². The quantitative estimate of drug-likeness (QED) is 0.626. The molecular weight excluding hydrogens is 310 g/mol. The predicted octanol–water partition coefficient (Wildman–Crippen LogP) is 3.51. The maximum absolute atomic E-state index is 12.9. The molecule has 0 bridgehead atoms. The van der Waals surface area contributed by atoms with Crippen LogP contribution in [0.4, 0.5) is 0 Å². The molecule has 0 radical (unpaired) electrons. The average Bonchev–Trinajstić information content (AvgIpc) is 2.69. The van der Waals surface area contributed by atoms with Crippen molar-refractivity contribution in [3.05, 3.63) is 94.8 Å². The lowest BCUT2D eigenvalue weighted by atomic mass is 10.0. The molecule has 0 saturated heterocycles. The third-order valence-corrected chi connectivity index (χ3v) is 4.27. The lowest BCUT2D eigenvalue weighted by Crippen LogP contribution is -2.22. The Balaban J connectivity index is 2.03. The zero-order chi connectivity index (χ0) is 17.2. The number of hydrogen-bond donors (Lipinski definition) is 1. The van der Waals surface area contributed by atoms with E-state index >= 15 is 0 Å². The summed E-state index contributed by atoms with van der Waals surface area (Å²) < 4.78 is 1.47. The second-order valence-corrected chi connectivity index (χ2v) is 5.85. The summed E-state index contributed by atoms with van der Waals surface area (Å²) in [5.74, 6) is 0. The molecule has 4 heteroatoms. The minimum atomic E-state index is -0.121. The van der Waals surface area contributed by atoms with E-state index < -0.39 is 0 Å². The summed E-state index contributed by atoms with van der Waals surface area (Å²) in [6.07, 6.45) is 0. The van der Waals surface area contributed by atoms with Crippen molar-refractivity contribution in [3.8, 4) is 16.9 Å². The summed E-state index contributed by atoms with van der Waals surface area (Å²) in [6, 6.07) is 25.0. The number of nitrogens with zero attached hydrogens (tertiary/aromatic N) is 2. The molecule has 0 aliphatic carbocycles. The van der Waals surface area contributed by atoms with Crippen molar-refractivity contribution in [2.75, 3.05) is 0 Å². The number of rotatable bonds is 3. The molecule has 2 N–H and O–H groups in total. The Bertz CT molecular complexity index is 1080. The van der Waals surface area contributed by atoms with Crippen LogP contribution in [0.2, 0.25) is 0 Å². The summed E-state index contributed by atoms with van der Waals surface area (Å²) in [4.78, 5) is 12.9. The van der Waals surface area contributed by atoms with Gasteiger partial charge in [-0.1, -0.05) is 60.7 Å². The molecule has 4 nitrogen and oxygen atoms in total. The molecule has 0 fully saturated rings. The van der Waals surface area contributed by atoms with Gasteiger partial charge in [-0.05, 0) is 23.8 Å². The molecule has 0 atom stereocenters. The number of fused-ring (bicyclic) bond motifs is 1. The largest absolute Gasteiger partial charge is 0.326 e. The SMILES string of the molecule is NCc1ccc(-c2nn(-c3ccccc3)c(=O)c3ccccc23)cc1. The molecule has 0 spiro atoms. The van der Waals surface area contributed by atoms with Crippen LogP contribution in [-0.2, 0) is 6.54 Å². The molecule has 1 heterocycles. The van der Waals surface area contributed by atoms with Crippen LogP contribution in [-0.4, -0.2) is 9.78 Å². The van der Waals surface area contributed by atoms with Gasteiger partial charge in [-0.25, -0.2) is 0 Å². The van der Waals surface area contributed by atoms with Crippen LogP contribution in [0.5, 0.6) is 0 Å². The third-order valence-electron chi connectivity index (χ3n) is 4.27. The highest BCUT2D eigenvalue weighted by Crippen LogP contribution is 2.25. The first kappa shape index (κ1) is 15.3. The fraction of sp³-hybridized carbons (Fsp3) is 0.0476. The van der Waals surface area contributed by atoms with E-state index in [-0.39, 0.29) is 5.56 Å². The van der Waals surface area contributed by atoms with Gasteiger partial charge in [0.1, 0.15) is 0 Å². The Morgan fingerprint density at radius 2 is 1.44 bits per heavy atom. The molecule has 25 heavy (non-hydrogen) atoms. The molecule has 3 aromatic carbocycles. The zero-order valence-electron chi connectivity index (χ0n) is 13.6. The van der Waals surface area contributed by atoms with Crippen LogP contribution in [0, 0.1) is 0 Å². The molecule has 0 saturated carbocycles. The van der Waals surface area contributed by atoms with E-state index in [4.69, 9.17) is 5.73 Å². The Morgan fingerprint density at radius 3 is 2.12 bits per heavy atom. The number of benzene rings is 3. The van der Waals surface area contributed by atoms with Crippen LogP contribution < -0.4 is 11.3 Å². The van der Waals surface area contributed by atoms with E-state index in [0.29, 0.717) is 11.9 Å². The van der Waals surface area contributed by atoms with Gasteiger partial charge in [0.2, 0.25) is 0 Å². The van der Waals surface area contributed by atoms with Gasteiger partial charge < -0.3 is 5.73 Å². The summed E-state index contributed by atoms with van der Waals surface area (Å²) in [5.41, 5.74) is 9.11. The lowest BCUT2D eigenvalue weighted by molar-refractivity contribution is 0.826. The van der Waals surface area contributed by atoms with E-state index in [2.05, 4.69) is 5.10 Å². The van der Waals surface area contributed by atoms with E-state index in [9.17, 15) is 4.79 Å². The van der Waals surface area contributed by atoms with Crippen molar-refractivity contribution in [2.45, 2.75) is 6.54 Å². The first-order valence-corrected chi connectivity index (χ1v) is 8.15. The Morgan fingerprint density at radius 1 is 0.800 bits per heavy atom. The van der Waals surface area contributed by atoms with Gasteiger partial charge in [-0.2, -0.15) is 9.78 Å². The molecule has 0 aliphatic heterocycles. The number of para-hydroxylation sites is 1. The fourth-order valence-corrected chi connectivity index (χ4v) is 2.95. The molecule has 1 aromatic heterocycles. The first-order valence-electron chi connectivity index (χ1n) is 8.15. The highest BCUT2D eigenvalue weighted by Gasteiger charge is 2.13. The fourth-order valence-electron chi connectivity index (χ4n) is 2.95. The molecule has 0 aliphatic rings. The third kappa shape index (κ3) is 2.73. The zero-order valence-corrected chi connectivity index (χ0v) is 13.6. The molecular formula is C21H17N3O. The van der Waals surface area contributed by atoms with Gasteiger partial charge in [0, 0.05) is 17.5 Å². The molecule has 4 rings (SSSR count). The van der Waals surface area contributed by atoms with Crippen molar-refractivity contribution in [3.63, 3.8) is 0 Å². The monoisotopic (exact) mass is 327 g/mol. The van der Waals surface area contributed by atoms with Gasteiger partial charge in [0.25, 0.3) is 5.56 Å². The number of aromatic nitrogens is 2. The second kappa shape index (κ2) is 6.34. The summed E-state index contributed by atoms with van der Waals surface area (Å²) in [6.45, 7) is 0.498. The minimum Gasteiger partial charge on any atom is -0.326 e. The van der Waals surface area contributed by atoms with E-state index in [0.717, 1.165) is 27.9 Å².